The molecule has 2 N–H and O–H groups in total. The Morgan fingerprint density at radius 2 is 2.55 bits per heavy atom. The molecule has 60 valence electrons. The monoisotopic (exact) mass is 168 g/mol. The predicted octanol–water partition coefficient (Wildman–Crippen LogP) is 2.54. The van der Waals surface area contributed by atoms with Crippen LogP contribution in [-0.4, -0.2) is 4.98 Å². The highest BCUT2D eigenvalue weighted by atomic mass is 32.1. The Kier molecular flexibility index (Phi) is 2.65. The summed E-state index contributed by atoms with van der Waals surface area (Å²) in [5.74, 6) is 0. The first kappa shape index (κ1) is 8.27. The molecule has 0 saturated heterocycles. The van der Waals surface area contributed by atoms with Gasteiger partial charge in [-0.15, -0.1) is 11.3 Å². The number of anilines is 1. The van der Waals surface area contributed by atoms with E-state index in [1.807, 2.05) is 5.38 Å². The van der Waals surface area contributed by atoms with Crippen LogP contribution in [0.5, 0.6) is 0 Å². The van der Waals surface area contributed by atoms with Crippen LogP contribution >= 0.6 is 11.3 Å². The zero-order chi connectivity index (χ0) is 8.27. The Bertz CT molecular complexity index is 263. The van der Waals surface area contributed by atoms with Gasteiger partial charge < -0.3 is 5.73 Å². The van der Waals surface area contributed by atoms with Gasteiger partial charge in [0.25, 0.3) is 0 Å². The van der Waals surface area contributed by atoms with Crippen LogP contribution in [0.4, 0.5) is 5.13 Å². The molecule has 0 unspecified atom stereocenters. The van der Waals surface area contributed by atoms with E-state index in [0.717, 1.165) is 12.1 Å². The summed E-state index contributed by atoms with van der Waals surface area (Å²) in [6.45, 7) is 4.16. The molecule has 0 atom stereocenters. The fourth-order valence-corrected chi connectivity index (χ4v) is 1.50. The second kappa shape index (κ2) is 3.53. The largest absolute Gasteiger partial charge is 0.375 e. The summed E-state index contributed by atoms with van der Waals surface area (Å²) in [7, 11) is 0. The Labute approximate surface area is 70.8 Å². The number of nitrogen functional groups attached to an aromatic ring is 1. The summed E-state index contributed by atoms with van der Waals surface area (Å²) >= 11 is 1.48. The van der Waals surface area contributed by atoms with E-state index in [0.29, 0.717) is 5.13 Å². The third-order valence-corrected chi connectivity index (χ3v) is 2.11. The Balaban J connectivity index is 2.84. The lowest BCUT2D eigenvalue weighted by Gasteiger charge is -1.92. The molecule has 3 heteroatoms. The second-order valence-corrected chi connectivity index (χ2v) is 3.26. The maximum absolute atomic E-state index is 5.49. The lowest BCUT2D eigenvalue weighted by atomic mass is 10.2. The first-order valence-electron chi connectivity index (χ1n) is 3.62. The zero-order valence-corrected chi connectivity index (χ0v) is 7.61. The van der Waals surface area contributed by atoms with Gasteiger partial charge in [-0.3, -0.25) is 0 Å². The van der Waals surface area contributed by atoms with Gasteiger partial charge in [0.1, 0.15) is 0 Å². The van der Waals surface area contributed by atoms with E-state index >= 15 is 0 Å². The van der Waals surface area contributed by atoms with E-state index in [-0.39, 0.29) is 0 Å². The summed E-state index contributed by atoms with van der Waals surface area (Å²) in [6.07, 6.45) is 3.19. The van der Waals surface area contributed by atoms with Crippen LogP contribution in [0.3, 0.4) is 0 Å². The minimum atomic E-state index is 0.642. The van der Waals surface area contributed by atoms with Crippen molar-refractivity contribution in [2.75, 3.05) is 5.73 Å². The zero-order valence-electron chi connectivity index (χ0n) is 6.79. The van der Waals surface area contributed by atoms with Gasteiger partial charge in [0.2, 0.25) is 0 Å². The summed E-state index contributed by atoms with van der Waals surface area (Å²) in [6, 6.07) is 0. The van der Waals surface area contributed by atoms with Gasteiger partial charge in [-0.1, -0.05) is 13.0 Å². The molecule has 0 aliphatic heterocycles. The number of nitrogens with two attached hydrogens (primary N) is 1. The Morgan fingerprint density at radius 3 is 3.00 bits per heavy atom. The second-order valence-electron chi connectivity index (χ2n) is 2.37. The highest BCUT2D eigenvalue weighted by Crippen LogP contribution is 2.18. The van der Waals surface area contributed by atoms with E-state index in [1.165, 1.54) is 16.9 Å². The van der Waals surface area contributed by atoms with E-state index in [2.05, 4.69) is 24.9 Å². The molecular formula is C8H12N2S. The van der Waals surface area contributed by atoms with Crippen molar-refractivity contribution in [1.29, 1.82) is 0 Å². The molecule has 0 aliphatic carbocycles. The van der Waals surface area contributed by atoms with Crippen LogP contribution in [0.1, 0.15) is 26.0 Å². The van der Waals surface area contributed by atoms with Crippen molar-refractivity contribution >= 4 is 22.0 Å². The van der Waals surface area contributed by atoms with Crippen LogP contribution in [0, 0.1) is 0 Å². The van der Waals surface area contributed by atoms with Crippen molar-refractivity contribution < 1.29 is 0 Å². The smallest absolute Gasteiger partial charge is 0.180 e. The number of nitrogens with zero attached hydrogens (tertiary/aromatic N) is 1. The molecule has 2 nitrogen and oxygen atoms in total. The fourth-order valence-electron chi connectivity index (χ4n) is 0.879. The first-order valence-corrected chi connectivity index (χ1v) is 4.50. The van der Waals surface area contributed by atoms with Crippen molar-refractivity contribution in [1.82, 2.24) is 4.98 Å². The molecule has 0 aromatic carbocycles. The van der Waals surface area contributed by atoms with E-state index in [9.17, 15) is 0 Å². The minimum absolute atomic E-state index is 0.642. The van der Waals surface area contributed by atoms with Gasteiger partial charge in [0.15, 0.2) is 5.13 Å². The molecule has 0 bridgehead atoms. The summed E-state index contributed by atoms with van der Waals surface area (Å²) in [5, 5.41) is 2.63. The molecule has 0 radical (unpaired) electrons. The van der Waals surface area contributed by atoms with Crippen LogP contribution in [0.2, 0.25) is 0 Å². The standard InChI is InChI=1S/C8H12N2S/c1-3-4-6(2)7-5-11-8(9)10-7/h4-5H,3H2,1-2H3,(H2,9,10). The van der Waals surface area contributed by atoms with Gasteiger partial charge in [0.05, 0.1) is 5.69 Å². The van der Waals surface area contributed by atoms with Crippen molar-refractivity contribution in [3.05, 3.63) is 17.2 Å². The maximum atomic E-state index is 5.49. The summed E-state index contributed by atoms with van der Waals surface area (Å²) in [4.78, 5) is 4.16. The van der Waals surface area contributed by atoms with E-state index in [1.54, 1.807) is 0 Å². The molecule has 0 aliphatic rings. The molecule has 1 heterocycles. The lowest BCUT2D eigenvalue weighted by molar-refractivity contribution is 1.21. The SMILES string of the molecule is CCC=C(C)c1csc(N)n1. The molecule has 0 fully saturated rings. The van der Waals surface area contributed by atoms with Crippen LogP contribution in [0.25, 0.3) is 5.57 Å². The highest BCUT2D eigenvalue weighted by molar-refractivity contribution is 7.13. The van der Waals surface area contributed by atoms with Gasteiger partial charge in [-0.05, 0) is 18.9 Å². The normalized spacial score (nSPS) is 12.0. The Morgan fingerprint density at radius 1 is 1.82 bits per heavy atom. The van der Waals surface area contributed by atoms with Crippen molar-refractivity contribution in [2.24, 2.45) is 0 Å². The quantitative estimate of drug-likeness (QED) is 0.737. The number of hydrogen-bond donors (Lipinski definition) is 1. The van der Waals surface area contributed by atoms with Crippen LogP contribution in [0.15, 0.2) is 11.5 Å². The van der Waals surface area contributed by atoms with Gasteiger partial charge in [0, 0.05) is 5.38 Å². The lowest BCUT2D eigenvalue weighted by Crippen LogP contribution is -1.83. The molecule has 1 aromatic rings. The topological polar surface area (TPSA) is 38.9 Å². The number of aromatic nitrogens is 1. The van der Waals surface area contributed by atoms with Gasteiger partial charge in [-0.2, -0.15) is 0 Å². The maximum Gasteiger partial charge on any atom is 0.180 e. The average Bonchev–Trinajstić information content (AvgIpc) is 2.36. The number of allylic oxidation sites excluding steroid dienone is 2. The molecule has 1 rings (SSSR count). The van der Waals surface area contributed by atoms with Crippen molar-refractivity contribution in [2.45, 2.75) is 20.3 Å². The molecule has 0 saturated carbocycles. The number of hydrogen-bond acceptors (Lipinski definition) is 3. The van der Waals surface area contributed by atoms with Crippen LogP contribution < -0.4 is 5.73 Å². The fraction of sp³-hybridized carbons (Fsp3) is 0.375. The van der Waals surface area contributed by atoms with Crippen molar-refractivity contribution in [3.63, 3.8) is 0 Å². The van der Waals surface area contributed by atoms with E-state index in [4.69, 9.17) is 5.73 Å². The van der Waals surface area contributed by atoms with Crippen LogP contribution in [-0.2, 0) is 0 Å². The van der Waals surface area contributed by atoms with Gasteiger partial charge >= 0.3 is 0 Å². The Hall–Kier alpha value is -0.830. The summed E-state index contributed by atoms with van der Waals surface area (Å²) in [5.41, 5.74) is 7.71. The predicted molar refractivity (Wildman–Crippen MR) is 50.5 cm³/mol. The molecule has 11 heavy (non-hydrogen) atoms. The van der Waals surface area contributed by atoms with E-state index < -0.39 is 0 Å². The molecular weight excluding hydrogens is 156 g/mol. The van der Waals surface area contributed by atoms with Gasteiger partial charge in [-0.25, -0.2) is 4.98 Å². The highest BCUT2D eigenvalue weighted by Gasteiger charge is 1.98. The molecule has 1 aromatic heterocycles. The third kappa shape index (κ3) is 2.05. The van der Waals surface area contributed by atoms with Crippen molar-refractivity contribution in [3.8, 4) is 0 Å². The number of rotatable bonds is 2. The molecule has 0 amide bonds. The summed E-state index contributed by atoms with van der Waals surface area (Å²) < 4.78 is 0. The molecule has 0 spiro atoms. The first-order chi connectivity index (χ1) is 5.24. The number of thiazole rings is 1. The third-order valence-electron chi connectivity index (χ3n) is 1.44. The average molecular weight is 168 g/mol. The minimum Gasteiger partial charge on any atom is -0.375 e.